The highest BCUT2D eigenvalue weighted by Crippen LogP contribution is 2.34. The van der Waals surface area contributed by atoms with Gasteiger partial charge in [-0.15, -0.1) is 0 Å². The van der Waals surface area contributed by atoms with E-state index < -0.39 is 12.5 Å². The predicted molar refractivity (Wildman–Crippen MR) is 89.8 cm³/mol. The highest BCUT2D eigenvalue weighted by atomic mass is 19.3. The molecule has 25 heavy (non-hydrogen) atoms. The molecule has 0 aliphatic carbocycles. The first-order valence-corrected chi connectivity index (χ1v) is 7.69. The van der Waals surface area contributed by atoms with Gasteiger partial charge in [0.05, 0.1) is 5.92 Å². The van der Waals surface area contributed by atoms with E-state index in [0.29, 0.717) is 5.56 Å². The van der Waals surface area contributed by atoms with E-state index in [-0.39, 0.29) is 17.2 Å². The predicted octanol–water partition coefficient (Wildman–Crippen LogP) is 4.49. The zero-order valence-electron chi connectivity index (χ0n) is 13.4. The Morgan fingerprint density at radius 3 is 2.48 bits per heavy atom. The lowest BCUT2D eigenvalue weighted by molar-refractivity contribution is -0.481. The van der Waals surface area contributed by atoms with Crippen LogP contribution in [0.15, 0.2) is 48.5 Å². The summed E-state index contributed by atoms with van der Waals surface area (Å²) in [6, 6.07) is 13.6. The zero-order chi connectivity index (χ0) is 18.0. The first-order valence-electron chi connectivity index (χ1n) is 7.69. The van der Waals surface area contributed by atoms with Gasteiger partial charge in [0, 0.05) is 21.5 Å². The molecule has 1 N–H and O–H groups in total. The molecule has 130 valence electrons. The molecule has 0 fully saturated rings. The number of aryl methyl sites for hydroxylation is 1. The molecular formula is C18H16F2N2O3. The molecule has 1 aromatic heterocycles. The van der Waals surface area contributed by atoms with E-state index in [0.717, 1.165) is 22.2 Å². The average molecular weight is 346 g/mol. The molecule has 0 amide bonds. The van der Waals surface area contributed by atoms with Crippen molar-refractivity contribution >= 4 is 10.9 Å². The maximum absolute atomic E-state index is 12.3. The van der Waals surface area contributed by atoms with Crippen molar-refractivity contribution in [1.82, 2.24) is 4.98 Å². The van der Waals surface area contributed by atoms with Crippen LogP contribution in [-0.2, 0) is 0 Å². The lowest BCUT2D eigenvalue weighted by atomic mass is 9.89. The minimum atomic E-state index is -2.91. The third-order valence-corrected chi connectivity index (χ3v) is 4.13. The molecule has 0 unspecified atom stereocenters. The fourth-order valence-corrected chi connectivity index (χ4v) is 3.14. The molecule has 0 spiro atoms. The van der Waals surface area contributed by atoms with Crippen molar-refractivity contribution in [3.63, 3.8) is 0 Å². The highest BCUT2D eigenvalue weighted by Gasteiger charge is 2.25. The molecule has 3 rings (SSSR count). The van der Waals surface area contributed by atoms with Crippen molar-refractivity contribution < 1.29 is 18.4 Å². The third kappa shape index (κ3) is 3.60. The van der Waals surface area contributed by atoms with Crippen LogP contribution in [0.4, 0.5) is 8.78 Å². The second-order valence-electron chi connectivity index (χ2n) is 5.72. The van der Waals surface area contributed by atoms with Crippen LogP contribution in [0.3, 0.4) is 0 Å². The monoisotopic (exact) mass is 346 g/mol. The molecule has 0 aliphatic heterocycles. The molecule has 0 saturated carbocycles. The van der Waals surface area contributed by atoms with Gasteiger partial charge in [-0.3, -0.25) is 10.1 Å². The lowest BCUT2D eigenvalue weighted by Gasteiger charge is -2.15. The number of benzene rings is 2. The number of nitro groups is 1. The van der Waals surface area contributed by atoms with E-state index in [1.54, 1.807) is 12.1 Å². The Labute approximate surface area is 142 Å². The van der Waals surface area contributed by atoms with Gasteiger partial charge < -0.3 is 9.72 Å². The van der Waals surface area contributed by atoms with Crippen LogP contribution < -0.4 is 4.74 Å². The Hall–Kier alpha value is -2.96. The maximum Gasteiger partial charge on any atom is 0.387 e. The molecule has 2 aromatic carbocycles. The third-order valence-electron chi connectivity index (χ3n) is 4.13. The first-order chi connectivity index (χ1) is 12.0. The second kappa shape index (κ2) is 6.88. The average Bonchev–Trinajstić information content (AvgIpc) is 2.88. The van der Waals surface area contributed by atoms with E-state index in [1.807, 2.05) is 31.2 Å². The number of fused-ring (bicyclic) bond motifs is 1. The van der Waals surface area contributed by atoms with Gasteiger partial charge in [-0.05, 0) is 36.2 Å². The molecule has 1 atom stereocenters. The van der Waals surface area contributed by atoms with Gasteiger partial charge in [-0.1, -0.05) is 30.3 Å². The van der Waals surface area contributed by atoms with Crippen molar-refractivity contribution in [1.29, 1.82) is 0 Å². The molecule has 1 heterocycles. The van der Waals surface area contributed by atoms with E-state index in [4.69, 9.17) is 0 Å². The highest BCUT2D eigenvalue weighted by molar-refractivity contribution is 5.85. The first kappa shape index (κ1) is 16.9. The molecule has 0 bridgehead atoms. The van der Waals surface area contributed by atoms with Gasteiger partial charge in [-0.2, -0.15) is 8.78 Å². The smallest absolute Gasteiger partial charge is 0.387 e. The van der Waals surface area contributed by atoms with E-state index in [2.05, 4.69) is 9.72 Å². The number of hydrogen-bond acceptors (Lipinski definition) is 3. The Bertz CT molecular complexity index is 891. The van der Waals surface area contributed by atoms with Crippen LogP contribution in [0.1, 0.15) is 22.7 Å². The fourth-order valence-electron chi connectivity index (χ4n) is 3.14. The summed E-state index contributed by atoms with van der Waals surface area (Å²) in [5.74, 6) is -0.471. The summed E-state index contributed by atoms with van der Waals surface area (Å²) in [6.07, 6.45) is 0. The van der Waals surface area contributed by atoms with Crippen LogP contribution >= 0.6 is 0 Å². The number of aromatic nitrogens is 1. The fraction of sp³-hybridized carbons (Fsp3) is 0.222. The number of alkyl halides is 2. The zero-order valence-corrected chi connectivity index (χ0v) is 13.4. The number of nitrogens with one attached hydrogen (secondary N) is 1. The number of ether oxygens (including phenoxy) is 1. The second-order valence-corrected chi connectivity index (χ2v) is 5.72. The molecular weight excluding hydrogens is 330 g/mol. The topological polar surface area (TPSA) is 68.2 Å². The summed E-state index contributed by atoms with van der Waals surface area (Å²) < 4.78 is 28.9. The normalized spacial score (nSPS) is 12.5. The standard InChI is InChI=1S/C18H16F2N2O3/c1-11-17(14-4-2-3-5-16(14)21-11)15(10-22(23)24)12-6-8-13(9-7-12)25-18(19)20/h2-9,15,18,21H,10H2,1H3/t15-/m1/s1. The Kier molecular flexibility index (Phi) is 4.65. The van der Waals surface area contributed by atoms with Crippen LogP contribution in [0.2, 0.25) is 0 Å². The molecule has 5 nitrogen and oxygen atoms in total. The summed E-state index contributed by atoms with van der Waals surface area (Å²) in [5, 5.41) is 12.1. The van der Waals surface area contributed by atoms with Crippen molar-refractivity contribution in [2.24, 2.45) is 0 Å². The van der Waals surface area contributed by atoms with Crippen LogP contribution in [0.5, 0.6) is 5.75 Å². The van der Waals surface area contributed by atoms with Gasteiger partial charge in [0.25, 0.3) is 0 Å². The molecule has 7 heteroatoms. The number of hydrogen-bond donors (Lipinski definition) is 1. The van der Waals surface area contributed by atoms with Crippen LogP contribution in [-0.4, -0.2) is 23.1 Å². The Morgan fingerprint density at radius 1 is 1.16 bits per heavy atom. The summed E-state index contributed by atoms with van der Waals surface area (Å²) in [5.41, 5.74) is 3.27. The number of nitrogens with zero attached hydrogens (tertiary/aromatic N) is 1. The summed E-state index contributed by atoms with van der Waals surface area (Å²) in [7, 11) is 0. The van der Waals surface area contributed by atoms with Gasteiger partial charge in [0.15, 0.2) is 0 Å². The van der Waals surface area contributed by atoms with E-state index in [9.17, 15) is 18.9 Å². The van der Waals surface area contributed by atoms with Crippen molar-refractivity contribution in [2.45, 2.75) is 19.5 Å². The summed E-state index contributed by atoms with van der Waals surface area (Å²) in [6.45, 7) is -1.33. The van der Waals surface area contributed by atoms with Crippen molar-refractivity contribution in [3.8, 4) is 5.75 Å². The minimum Gasteiger partial charge on any atom is -0.435 e. The summed E-state index contributed by atoms with van der Waals surface area (Å²) >= 11 is 0. The number of para-hydroxylation sites is 1. The maximum atomic E-state index is 12.3. The van der Waals surface area contributed by atoms with Crippen LogP contribution in [0, 0.1) is 17.0 Å². The number of aromatic amines is 1. The van der Waals surface area contributed by atoms with Gasteiger partial charge in [0.2, 0.25) is 6.54 Å². The molecule has 3 aromatic rings. The molecule has 0 aliphatic rings. The van der Waals surface area contributed by atoms with E-state index >= 15 is 0 Å². The quantitative estimate of drug-likeness (QED) is 0.528. The van der Waals surface area contributed by atoms with Crippen LogP contribution in [0.25, 0.3) is 10.9 Å². The van der Waals surface area contributed by atoms with Crippen molar-refractivity contribution in [2.75, 3.05) is 6.54 Å². The number of rotatable bonds is 6. The van der Waals surface area contributed by atoms with Gasteiger partial charge >= 0.3 is 6.61 Å². The number of H-pyrrole nitrogens is 1. The van der Waals surface area contributed by atoms with Gasteiger partial charge in [0.1, 0.15) is 5.75 Å². The van der Waals surface area contributed by atoms with Gasteiger partial charge in [-0.25, -0.2) is 0 Å². The largest absolute Gasteiger partial charge is 0.435 e. The van der Waals surface area contributed by atoms with E-state index in [1.165, 1.54) is 12.1 Å². The molecule has 0 radical (unpaired) electrons. The van der Waals surface area contributed by atoms with Crippen molar-refractivity contribution in [3.05, 3.63) is 75.5 Å². The number of halogens is 2. The Morgan fingerprint density at radius 2 is 1.84 bits per heavy atom. The Balaban J connectivity index is 2.05. The lowest BCUT2D eigenvalue weighted by Crippen LogP contribution is -2.14. The summed E-state index contributed by atoms with van der Waals surface area (Å²) in [4.78, 5) is 14.1. The SMILES string of the molecule is Cc1[nH]c2ccccc2c1[C@H](C[N+](=O)[O-])c1ccc(OC(F)F)cc1. The minimum absolute atomic E-state index is 0.0225. The molecule has 0 saturated heterocycles.